The molecule has 0 bridgehead atoms. The van der Waals surface area contributed by atoms with Crippen LogP contribution in [0.4, 0.5) is 18.9 Å². The van der Waals surface area contributed by atoms with Gasteiger partial charge in [-0.1, -0.05) is 92.7 Å². The molecule has 4 nitrogen and oxygen atoms in total. The summed E-state index contributed by atoms with van der Waals surface area (Å²) in [7, 11) is 0. The van der Waals surface area contributed by atoms with Crippen molar-refractivity contribution in [3.63, 3.8) is 0 Å². The van der Waals surface area contributed by atoms with Gasteiger partial charge in [-0.3, -0.25) is 0 Å². The molecule has 0 N–H and O–H groups in total. The molecule has 0 radical (unpaired) electrons. The Bertz CT molecular complexity index is 2340. The molecule has 2 aliphatic heterocycles. The van der Waals surface area contributed by atoms with Crippen molar-refractivity contribution >= 4 is 22.5 Å². The van der Waals surface area contributed by atoms with Gasteiger partial charge in [-0.2, -0.15) is 13.2 Å². The Kier molecular flexibility index (Phi) is 7.49. The lowest BCUT2D eigenvalue weighted by molar-refractivity contribution is -0.137. The minimum atomic E-state index is -4.44. The predicted molar refractivity (Wildman–Crippen MR) is 199 cm³/mol. The first-order valence-electron chi connectivity index (χ1n) is 17.6. The SMILES string of the molecule is CC1(C)c2cc(C(F)(F)F)ccc2-c2c1c1c(c3ccccc23)OC(c2ccc(Oc3ccccc3)cc2)(c2ccc(N3CCOCC3)cc2)C=C1. The molecule has 1 saturated heterocycles. The van der Waals surface area contributed by atoms with Crippen LogP contribution in [0.1, 0.15) is 47.2 Å². The molecule has 9 rings (SSSR count). The maximum absolute atomic E-state index is 14.0. The van der Waals surface area contributed by atoms with Crippen molar-refractivity contribution in [2.45, 2.75) is 31.0 Å². The zero-order chi connectivity index (χ0) is 35.7. The number of rotatable bonds is 5. The van der Waals surface area contributed by atoms with Crippen LogP contribution in [0.2, 0.25) is 0 Å². The predicted octanol–water partition coefficient (Wildman–Crippen LogP) is 11.1. The highest BCUT2D eigenvalue weighted by Crippen LogP contribution is 2.58. The van der Waals surface area contributed by atoms with Crippen molar-refractivity contribution < 1.29 is 27.4 Å². The average Bonchev–Trinajstić information content (AvgIpc) is 3.41. The van der Waals surface area contributed by atoms with E-state index in [2.05, 4.69) is 41.3 Å². The topological polar surface area (TPSA) is 30.9 Å². The molecule has 6 aromatic rings. The smallest absolute Gasteiger partial charge is 0.416 e. The number of ether oxygens (including phenoxy) is 3. The molecule has 1 aliphatic carbocycles. The molecule has 0 aromatic heterocycles. The number of halogens is 3. The summed E-state index contributed by atoms with van der Waals surface area (Å²) in [5.41, 5.74) is 4.90. The van der Waals surface area contributed by atoms with Gasteiger partial charge < -0.3 is 19.1 Å². The Morgan fingerprint density at radius 1 is 0.712 bits per heavy atom. The molecule has 1 atom stereocenters. The standard InChI is InChI=1S/C45H36F3NO3/c1-43(2)39-28-31(45(46,47)48)16-21-37(39)40-35-10-6-7-11-36(35)42-38(41(40)43)22-23-44(52-42,29-12-17-32(18-13-29)49-24-26-50-27-25-49)30-14-19-34(20-15-30)51-33-8-4-3-5-9-33/h3-23,28H,24-27H2,1-2H3. The van der Waals surface area contributed by atoms with Crippen LogP contribution in [0.25, 0.3) is 28.0 Å². The number of nitrogens with zero attached hydrogens (tertiary/aromatic N) is 1. The van der Waals surface area contributed by atoms with Gasteiger partial charge in [-0.15, -0.1) is 0 Å². The van der Waals surface area contributed by atoms with E-state index >= 15 is 0 Å². The van der Waals surface area contributed by atoms with E-state index in [4.69, 9.17) is 14.2 Å². The van der Waals surface area contributed by atoms with E-state index < -0.39 is 22.8 Å². The number of para-hydroxylation sites is 1. The molecular formula is C45H36F3NO3. The van der Waals surface area contributed by atoms with E-state index in [1.165, 1.54) is 12.1 Å². The van der Waals surface area contributed by atoms with E-state index in [0.717, 1.165) is 68.7 Å². The summed E-state index contributed by atoms with van der Waals surface area (Å²) < 4.78 is 61.1. The normalized spacial score (nSPS) is 18.8. The second kappa shape index (κ2) is 12.0. The van der Waals surface area contributed by atoms with Crippen molar-refractivity contribution in [1.29, 1.82) is 0 Å². The average molecular weight is 696 g/mol. The molecule has 6 aromatic carbocycles. The molecule has 1 unspecified atom stereocenters. The highest BCUT2D eigenvalue weighted by atomic mass is 19.4. The van der Waals surface area contributed by atoms with E-state index in [1.807, 2.05) is 92.7 Å². The van der Waals surface area contributed by atoms with E-state index in [0.29, 0.717) is 30.3 Å². The minimum Gasteiger partial charge on any atom is -0.472 e. The van der Waals surface area contributed by atoms with E-state index in [9.17, 15) is 13.2 Å². The van der Waals surface area contributed by atoms with Crippen molar-refractivity contribution in [3.05, 3.63) is 161 Å². The first kappa shape index (κ1) is 32.4. The molecule has 52 heavy (non-hydrogen) atoms. The lowest BCUT2D eigenvalue weighted by Gasteiger charge is -2.39. The Hall–Kier alpha value is -5.53. The third-order valence-corrected chi connectivity index (χ3v) is 10.8. The van der Waals surface area contributed by atoms with Gasteiger partial charge in [0, 0.05) is 46.3 Å². The number of morpholine rings is 1. The second-order valence-electron chi connectivity index (χ2n) is 14.2. The number of anilines is 1. The Labute approximate surface area is 300 Å². The van der Waals surface area contributed by atoms with Crippen LogP contribution in [-0.2, 0) is 21.9 Å². The highest BCUT2D eigenvalue weighted by Gasteiger charge is 2.45. The van der Waals surface area contributed by atoms with Crippen LogP contribution in [0.15, 0.2) is 127 Å². The second-order valence-corrected chi connectivity index (χ2v) is 14.2. The number of benzene rings is 6. The van der Waals surface area contributed by atoms with Crippen LogP contribution < -0.4 is 14.4 Å². The number of alkyl halides is 3. The van der Waals surface area contributed by atoms with Crippen LogP contribution in [0.5, 0.6) is 17.2 Å². The van der Waals surface area contributed by atoms with Gasteiger partial charge in [0.25, 0.3) is 0 Å². The molecular weight excluding hydrogens is 659 g/mol. The summed E-state index contributed by atoms with van der Waals surface area (Å²) in [6, 6.07) is 38.4. The number of hydrogen-bond acceptors (Lipinski definition) is 4. The highest BCUT2D eigenvalue weighted by molar-refractivity contribution is 6.08. The first-order chi connectivity index (χ1) is 25.1. The van der Waals surface area contributed by atoms with Crippen LogP contribution in [0.3, 0.4) is 0 Å². The number of hydrogen-bond donors (Lipinski definition) is 0. The van der Waals surface area contributed by atoms with Gasteiger partial charge in [0.15, 0.2) is 5.60 Å². The van der Waals surface area contributed by atoms with Gasteiger partial charge in [-0.25, -0.2) is 0 Å². The van der Waals surface area contributed by atoms with Gasteiger partial charge in [-0.05, 0) is 82.2 Å². The van der Waals surface area contributed by atoms with Gasteiger partial charge >= 0.3 is 6.18 Å². The Morgan fingerprint density at radius 3 is 2.04 bits per heavy atom. The van der Waals surface area contributed by atoms with Gasteiger partial charge in [0.2, 0.25) is 0 Å². The van der Waals surface area contributed by atoms with Crippen LogP contribution >= 0.6 is 0 Å². The van der Waals surface area contributed by atoms with Crippen LogP contribution in [0, 0.1) is 0 Å². The molecule has 0 spiro atoms. The van der Waals surface area contributed by atoms with Crippen LogP contribution in [-0.4, -0.2) is 26.3 Å². The molecule has 260 valence electrons. The molecule has 0 amide bonds. The van der Waals surface area contributed by atoms with Gasteiger partial charge in [0.1, 0.15) is 17.2 Å². The fourth-order valence-corrected chi connectivity index (χ4v) is 8.22. The largest absolute Gasteiger partial charge is 0.472 e. The molecule has 1 fully saturated rings. The maximum atomic E-state index is 14.0. The Balaban J connectivity index is 1.21. The number of fused-ring (bicyclic) bond motifs is 8. The van der Waals surface area contributed by atoms with Crippen molar-refractivity contribution in [1.82, 2.24) is 0 Å². The lowest BCUT2D eigenvalue weighted by Crippen LogP contribution is -2.37. The summed E-state index contributed by atoms with van der Waals surface area (Å²) in [6.45, 7) is 7.08. The van der Waals surface area contributed by atoms with Crippen molar-refractivity contribution in [2.75, 3.05) is 31.2 Å². The fourth-order valence-electron chi connectivity index (χ4n) is 8.22. The van der Waals surface area contributed by atoms with Gasteiger partial charge in [0.05, 0.1) is 18.8 Å². The third kappa shape index (κ3) is 5.17. The summed E-state index contributed by atoms with van der Waals surface area (Å²) in [6.07, 6.45) is -0.225. The summed E-state index contributed by atoms with van der Waals surface area (Å²) in [5, 5.41) is 1.85. The zero-order valence-electron chi connectivity index (χ0n) is 28.8. The molecule has 2 heterocycles. The summed E-state index contributed by atoms with van der Waals surface area (Å²) >= 11 is 0. The zero-order valence-corrected chi connectivity index (χ0v) is 28.8. The molecule has 7 heteroatoms. The molecule has 0 saturated carbocycles. The fraction of sp³-hybridized carbons (Fsp3) is 0.200. The first-order valence-corrected chi connectivity index (χ1v) is 17.6. The van der Waals surface area contributed by atoms with E-state index in [1.54, 1.807) is 6.07 Å². The lowest BCUT2D eigenvalue weighted by atomic mass is 9.76. The quantitative estimate of drug-likeness (QED) is 0.180. The minimum absolute atomic E-state index is 0.642. The van der Waals surface area contributed by atoms with E-state index in [-0.39, 0.29) is 0 Å². The monoisotopic (exact) mass is 695 g/mol. The van der Waals surface area contributed by atoms with Crippen molar-refractivity contribution in [2.24, 2.45) is 0 Å². The third-order valence-electron chi connectivity index (χ3n) is 10.8. The summed E-state index contributed by atoms with van der Waals surface area (Å²) in [5.74, 6) is 2.15. The molecule has 3 aliphatic rings. The van der Waals surface area contributed by atoms with Crippen molar-refractivity contribution in [3.8, 4) is 28.4 Å². The maximum Gasteiger partial charge on any atom is 0.416 e. The summed E-state index contributed by atoms with van der Waals surface area (Å²) in [4.78, 5) is 2.32. The Morgan fingerprint density at radius 2 is 1.35 bits per heavy atom.